The third-order valence-electron chi connectivity index (χ3n) is 3.90. The number of hydrogen-bond donors (Lipinski definition) is 0. The SMILES string of the molecule is C1=C(/C2CC2)CCC2=C(CC/1)CC2. The fraction of sp³-hybridized carbons (Fsp3) is 0.692. The molecule has 0 aromatic rings. The second kappa shape index (κ2) is 3.01. The second-order valence-electron chi connectivity index (χ2n) is 4.80. The minimum Gasteiger partial charge on any atom is -0.0847 e. The summed E-state index contributed by atoms with van der Waals surface area (Å²) in [6.45, 7) is 0. The lowest BCUT2D eigenvalue weighted by molar-refractivity contribution is 0.656. The van der Waals surface area contributed by atoms with Crippen LogP contribution >= 0.6 is 0 Å². The molecule has 0 radical (unpaired) electrons. The molecule has 0 heterocycles. The largest absolute Gasteiger partial charge is 0.0847 e. The van der Waals surface area contributed by atoms with E-state index in [0.29, 0.717) is 0 Å². The maximum Gasteiger partial charge on any atom is -0.0203 e. The van der Waals surface area contributed by atoms with Gasteiger partial charge in [-0.25, -0.2) is 0 Å². The van der Waals surface area contributed by atoms with Crippen LogP contribution in [0.25, 0.3) is 0 Å². The van der Waals surface area contributed by atoms with Gasteiger partial charge in [-0.05, 0) is 57.3 Å². The van der Waals surface area contributed by atoms with Crippen LogP contribution in [0, 0.1) is 5.92 Å². The van der Waals surface area contributed by atoms with Gasteiger partial charge in [0.1, 0.15) is 0 Å². The van der Waals surface area contributed by atoms with Crippen LogP contribution in [0.15, 0.2) is 22.8 Å². The van der Waals surface area contributed by atoms with Crippen LogP contribution in [0.5, 0.6) is 0 Å². The first-order chi connectivity index (χ1) is 6.43. The Hall–Kier alpha value is -0.520. The monoisotopic (exact) mass is 174 g/mol. The van der Waals surface area contributed by atoms with Crippen LogP contribution in [0.1, 0.15) is 51.4 Å². The first kappa shape index (κ1) is 7.84. The van der Waals surface area contributed by atoms with Crippen molar-refractivity contribution in [1.29, 1.82) is 0 Å². The zero-order chi connectivity index (χ0) is 8.67. The van der Waals surface area contributed by atoms with Crippen molar-refractivity contribution in [3.8, 4) is 0 Å². The molecule has 0 aromatic carbocycles. The third kappa shape index (κ3) is 1.47. The summed E-state index contributed by atoms with van der Waals surface area (Å²) in [5.41, 5.74) is 5.44. The highest BCUT2D eigenvalue weighted by Crippen LogP contribution is 2.43. The smallest absolute Gasteiger partial charge is 0.0203 e. The van der Waals surface area contributed by atoms with Crippen molar-refractivity contribution in [2.45, 2.75) is 51.4 Å². The molecule has 0 N–H and O–H groups in total. The van der Waals surface area contributed by atoms with Crippen molar-refractivity contribution in [2.24, 2.45) is 5.92 Å². The number of rotatable bonds is 1. The van der Waals surface area contributed by atoms with Crippen LogP contribution in [0.2, 0.25) is 0 Å². The number of allylic oxidation sites excluding steroid dienone is 4. The van der Waals surface area contributed by atoms with Crippen LogP contribution in [-0.4, -0.2) is 0 Å². The summed E-state index contributed by atoms with van der Waals surface area (Å²) in [5, 5.41) is 0. The molecule has 3 rings (SSSR count). The zero-order valence-corrected chi connectivity index (χ0v) is 8.31. The molecule has 0 spiro atoms. The van der Waals surface area contributed by atoms with E-state index < -0.39 is 0 Å². The van der Waals surface area contributed by atoms with Crippen molar-refractivity contribution in [1.82, 2.24) is 0 Å². The fourth-order valence-electron chi connectivity index (χ4n) is 2.74. The van der Waals surface area contributed by atoms with Crippen molar-refractivity contribution in [2.75, 3.05) is 0 Å². The van der Waals surface area contributed by atoms with E-state index in [1.165, 1.54) is 51.4 Å². The molecule has 0 atom stereocenters. The molecule has 13 heavy (non-hydrogen) atoms. The van der Waals surface area contributed by atoms with Gasteiger partial charge in [-0.1, -0.05) is 22.8 Å². The van der Waals surface area contributed by atoms with Crippen LogP contribution < -0.4 is 0 Å². The Labute approximate surface area is 80.7 Å². The van der Waals surface area contributed by atoms with E-state index in [1.807, 2.05) is 11.1 Å². The molecular weight excluding hydrogens is 156 g/mol. The summed E-state index contributed by atoms with van der Waals surface area (Å²) in [7, 11) is 0. The summed E-state index contributed by atoms with van der Waals surface area (Å²) in [6.07, 6.45) is 13.9. The highest BCUT2D eigenvalue weighted by molar-refractivity contribution is 5.28. The molecule has 0 aromatic heterocycles. The van der Waals surface area contributed by atoms with Crippen molar-refractivity contribution in [3.63, 3.8) is 0 Å². The Kier molecular flexibility index (Phi) is 1.81. The molecule has 70 valence electrons. The Morgan fingerprint density at radius 3 is 2.23 bits per heavy atom. The summed E-state index contributed by atoms with van der Waals surface area (Å²) in [5.74, 6) is 1.02. The molecule has 0 nitrogen and oxygen atoms in total. The lowest BCUT2D eigenvalue weighted by atomic mass is 9.80. The minimum atomic E-state index is 1.02. The Balaban J connectivity index is 1.71. The summed E-state index contributed by atoms with van der Waals surface area (Å²) in [4.78, 5) is 0. The summed E-state index contributed by atoms with van der Waals surface area (Å²) >= 11 is 0. The average Bonchev–Trinajstić information content (AvgIpc) is 2.87. The Morgan fingerprint density at radius 1 is 0.846 bits per heavy atom. The van der Waals surface area contributed by atoms with Gasteiger partial charge in [0.05, 0.1) is 0 Å². The minimum absolute atomic E-state index is 1.02. The quantitative estimate of drug-likeness (QED) is 0.527. The maximum absolute atomic E-state index is 2.56. The zero-order valence-electron chi connectivity index (χ0n) is 8.31. The molecule has 1 fully saturated rings. The molecule has 3 aliphatic rings. The van der Waals surface area contributed by atoms with Gasteiger partial charge in [0.25, 0.3) is 0 Å². The van der Waals surface area contributed by atoms with E-state index in [2.05, 4.69) is 6.08 Å². The Bertz CT molecular complexity index is 276. The van der Waals surface area contributed by atoms with Gasteiger partial charge in [0.2, 0.25) is 0 Å². The Morgan fingerprint density at radius 2 is 1.54 bits per heavy atom. The molecule has 3 aliphatic carbocycles. The van der Waals surface area contributed by atoms with E-state index in [-0.39, 0.29) is 0 Å². The molecule has 0 unspecified atom stereocenters. The van der Waals surface area contributed by atoms with E-state index in [4.69, 9.17) is 0 Å². The van der Waals surface area contributed by atoms with E-state index in [1.54, 1.807) is 5.57 Å². The topological polar surface area (TPSA) is 0 Å². The van der Waals surface area contributed by atoms with Gasteiger partial charge in [-0.3, -0.25) is 0 Å². The third-order valence-corrected chi connectivity index (χ3v) is 3.90. The second-order valence-corrected chi connectivity index (χ2v) is 4.80. The van der Waals surface area contributed by atoms with Crippen LogP contribution in [-0.2, 0) is 0 Å². The lowest BCUT2D eigenvalue weighted by Crippen LogP contribution is -2.07. The average molecular weight is 174 g/mol. The standard InChI is InChI=1S/C13H18/c1-2-10-4-6-12(10)7-5-11(3-1)13-8-9-13/h3,13H,1-2,4-9H2/b11-3+. The molecule has 0 amide bonds. The first-order valence-electron chi connectivity index (χ1n) is 5.82. The molecule has 0 aliphatic heterocycles. The van der Waals surface area contributed by atoms with E-state index >= 15 is 0 Å². The van der Waals surface area contributed by atoms with Crippen LogP contribution in [0.4, 0.5) is 0 Å². The van der Waals surface area contributed by atoms with E-state index in [0.717, 1.165) is 5.92 Å². The maximum atomic E-state index is 2.56. The van der Waals surface area contributed by atoms with Gasteiger partial charge in [-0.2, -0.15) is 0 Å². The molecular formula is C13H18. The summed E-state index contributed by atoms with van der Waals surface area (Å²) < 4.78 is 0. The predicted octanol–water partition coefficient (Wildman–Crippen LogP) is 3.99. The van der Waals surface area contributed by atoms with Crippen LogP contribution in [0.3, 0.4) is 0 Å². The highest BCUT2D eigenvalue weighted by atomic mass is 14.3. The highest BCUT2D eigenvalue weighted by Gasteiger charge is 2.27. The predicted molar refractivity (Wildman–Crippen MR) is 55.5 cm³/mol. The molecule has 1 saturated carbocycles. The summed E-state index contributed by atoms with van der Waals surface area (Å²) in [6, 6.07) is 0. The first-order valence-corrected chi connectivity index (χ1v) is 5.82. The van der Waals surface area contributed by atoms with E-state index in [9.17, 15) is 0 Å². The van der Waals surface area contributed by atoms with Crippen molar-refractivity contribution < 1.29 is 0 Å². The van der Waals surface area contributed by atoms with Gasteiger partial charge in [0, 0.05) is 0 Å². The van der Waals surface area contributed by atoms with Crippen molar-refractivity contribution in [3.05, 3.63) is 22.8 Å². The molecule has 0 saturated heterocycles. The van der Waals surface area contributed by atoms with Gasteiger partial charge >= 0.3 is 0 Å². The van der Waals surface area contributed by atoms with Gasteiger partial charge in [0.15, 0.2) is 0 Å². The molecule has 0 heteroatoms. The van der Waals surface area contributed by atoms with Gasteiger partial charge < -0.3 is 0 Å². The van der Waals surface area contributed by atoms with Crippen molar-refractivity contribution >= 4 is 0 Å². The fourth-order valence-corrected chi connectivity index (χ4v) is 2.74. The number of hydrogen-bond acceptors (Lipinski definition) is 0. The normalized spacial score (nSPS) is 32.5. The van der Waals surface area contributed by atoms with Gasteiger partial charge in [-0.15, -0.1) is 0 Å². The lowest BCUT2D eigenvalue weighted by Gasteiger charge is -2.26. The molecule has 0 bridgehead atoms.